The maximum absolute atomic E-state index is 14.3. The van der Waals surface area contributed by atoms with Gasteiger partial charge in [0.1, 0.15) is 41.2 Å². The van der Waals surface area contributed by atoms with E-state index in [2.05, 4.69) is 0 Å². The van der Waals surface area contributed by atoms with E-state index in [-0.39, 0.29) is 27.9 Å². The molecule has 6 rings (SSSR count). The van der Waals surface area contributed by atoms with Crippen LogP contribution >= 0.6 is 0 Å². The third-order valence-corrected chi connectivity index (χ3v) is 7.10. The van der Waals surface area contributed by atoms with Crippen molar-refractivity contribution in [3.63, 3.8) is 0 Å². The molecule has 0 aliphatic heterocycles. The Morgan fingerprint density at radius 1 is 0.538 bits per heavy atom. The normalized spacial score (nSPS) is 12.4. The van der Waals surface area contributed by atoms with Gasteiger partial charge in [-0.05, 0) is 68.4 Å². The molecule has 8 heteroatoms. The van der Waals surface area contributed by atoms with E-state index < -0.39 is 17.6 Å². The average molecular weight is 514 g/mol. The topological polar surface area (TPSA) is 95.2 Å². The van der Waals surface area contributed by atoms with Gasteiger partial charge in [-0.25, -0.2) is 4.39 Å². The highest BCUT2D eigenvalue weighted by molar-refractivity contribution is 6.19. The molecule has 4 aromatic carbocycles. The zero-order valence-electron chi connectivity index (χ0n) is 19.6. The Kier molecular flexibility index (Phi) is 4.95. The van der Waals surface area contributed by atoms with Gasteiger partial charge in [0.2, 0.25) is 0 Å². The van der Waals surface area contributed by atoms with Crippen molar-refractivity contribution in [2.45, 2.75) is 6.18 Å². The van der Waals surface area contributed by atoms with Gasteiger partial charge in [0.05, 0.1) is 5.56 Å². The van der Waals surface area contributed by atoms with Crippen LogP contribution in [0.15, 0.2) is 71.8 Å². The van der Waals surface area contributed by atoms with Crippen molar-refractivity contribution < 1.29 is 17.6 Å². The summed E-state index contributed by atoms with van der Waals surface area (Å²) < 4.78 is 55.1. The molecule has 0 bridgehead atoms. The van der Waals surface area contributed by atoms with Crippen LogP contribution in [0.25, 0.3) is 44.2 Å². The minimum absolute atomic E-state index is 0.0783. The van der Waals surface area contributed by atoms with Crippen LogP contribution in [0.4, 0.5) is 17.6 Å². The van der Waals surface area contributed by atoms with E-state index in [4.69, 9.17) is 0 Å². The summed E-state index contributed by atoms with van der Waals surface area (Å²) in [5.41, 5.74) is 2.47. The fourth-order valence-corrected chi connectivity index (χ4v) is 5.58. The summed E-state index contributed by atoms with van der Waals surface area (Å²) in [4.78, 5) is 0. The maximum Gasteiger partial charge on any atom is 0.416 e. The fourth-order valence-electron chi connectivity index (χ4n) is 5.58. The number of rotatable bonds is 0. The molecule has 0 heterocycles. The van der Waals surface area contributed by atoms with Gasteiger partial charge in [-0.3, -0.25) is 0 Å². The molecule has 0 amide bonds. The second-order valence-electron chi connectivity index (χ2n) is 8.97. The number of nitrogens with zero attached hydrogens (tertiary/aromatic N) is 4. The summed E-state index contributed by atoms with van der Waals surface area (Å²) in [6, 6.07) is 21.6. The van der Waals surface area contributed by atoms with E-state index in [1.807, 2.05) is 24.3 Å². The van der Waals surface area contributed by atoms with E-state index >= 15 is 0 Å². The Morgan fingerprint density at radius 3 is 1.44 bits per heavy atom. The van der Waals surface area contributed by atoms with E-state index in [1.165, 1.54) is 18.2 Å². The number of hydrogen-bond donors (Lipinski definition) is 0. The van der Waals surface area contributed by atoms with Crippen LogP contribution in [-0.2, 0) is 6.18 Å². The second-order valence-corrected chi connectivity index (χ2v) is 8.97. The summed E-state index contributed by atoms with van der Waals surface area (Å²) in [5, 5.41) is 40.0. The Labute approximate surface area is 218 Å². The summed E-state index contributed by atoms with van der Waals surface area (Å²) in [7, 11) is 0. The Hall–Kier alpha value is -5.70. The highest BCUT2D eigenvalue weighted by Crippen LogP contribution is 2.54. The van der Waals surface area contributed by atoms with E-state index in [0.717, 1.165) is 12.1 Å². The molecule has 0 fully saturated rings. The number of nitriles is 4. The number of benzene rings is 4. The van der Waals surface area contributed by atoms with Crippen LogP contribution in [0.1, 0.15) is 27.8 Å². The summed E-state index contributed by atoms with van der Waals surface area (Å²) in [6.07, 6.45) is -4.64. The van der Waals surface area contributed by atoms with Crippen LogP contribution in [-0.4, -0.2) is 0 Å². The zero-order valence-corrected chi connectivity index (χ0v) is 19.6. The van der Waals surface area contributed by atoms with Crippen LogP contribution in [0.5, 0.6) is 0 Å². The number of hydrogen-bond acceptors (Lipinski definition) is 4. The Morgan fingerprint density at radius 2 is 0.974 bits per heavy atom. The smallest absolute Gasteiger partial charge is 0.207 e. The molecule has 0 radical (unpaired) electrons. The van der Waals surface area contributed by atoms with E-state index in [0.29, 0.717) is 49.7 Å². The molecule has 4 aromatic rings. The predicted octanol–water partition coefficient (Wildman–Crippen LogP) is 7.66. The third-order valence-electron chi connectivity index (χ3n) is 7.10. The third kappa shape index (κ3) is 3.20. The summed E-state index contributed by atoms with van der Waals surface area (Å²) >= 11 is 0. The first-order valence-electron chi connectivity index (χ1n) is 11.4. The quantitative estimate of drug-likeness (QED) is 0.154. The lowest BCUT2D eigenvalue weighted by Crippen LogP contribution is -2.05. The van der Waals surface area contributed by atoms with Gasteiger partial charge in [0.15, 0.2) is 0 Å². The second kappa shape index (κ2) is 8.15. The van der Waals surface area contributed by atoms with Gasteiger partial charge in [-0.2, -0.15) is 34.2 Å². The van der Waals surface area contributed by atoms with Crippen LogP contribution in [0.3, 0.4) is 0 Å². The summed E-state index contributed by atoms with van der Waals surface area (Å²) in [6.45, 7) is 0. The lowest BCUT2D eigenvalue weighted by atomic mass is 9.88. The molecular formula is C31H10F4N4. The molecule has 0 aromatic heterocycles. The summed E-state index contributed by atoms with van der Waals surface area (Å²) in [5.74, 6) is -0.548. The van der Waals surface area contributed by atoms with Gasteiger partial charge >= 0.3 is 6.18 Å². The van der Waals surface area contributed by atoms with Crippen molar-refractivity contribution in [1.82, 2.24) is 0 Å². The Balaban J connectivity index is 1.76. The van der Waals surface area contributed by atoms with Gasteiger partial charge in [0.25, 0.3) is 0 Å². The number of alkyl halides is 3. The first-order chi connectivity index (χ1) is 18.7. The lowest BCUT2D eigenvalue weighted by Gasteiger charge is -2.13. The van der Waals surface area contributed by atoms with Crippen LogP contribution < -0.4 is 0 Å². The molecule has 182 valence electrons. The minimum atomic E-state index is -4.64. The highest BCUT2D eigenvalue weighted by atomic mass is 19.4. The van der Waals surface area contributed by atoms with E-state index in [9.17, 15) is 38.6 Å². The molecule has 0 spiro atoms. The molecule has 2 aliphatic carbocycles. The van der Waals surface area contributed by atoms with Crippen LogP contribution in [0, 0.1) is 51.1 Å². The van der Waals surface area contributed by atoms with Gasteiger partial charge in [-0.1, -0.05) is 36.4 Å². The Bertz CT molecular complexity index is 2020. The molecule has 0 saturated carbocycles. The van der Waals surface area contributed by atoms with Crippen molar-refractivity contribution in [3.05, 3.63) is 105 Å². The van der Waals surface area contributed by atoms with Crippen LogP contribution in [0.2, 0.25) is 0 Å². The number of allylic oxidation sites excluding steroid dienone is 2. The molecule has 0 atom stereocenters. The molecule has 0 saturated heterocycles. The van der Waals surface area contributed by atoms with Gasteiger partial charge < -0.3 is 0 Å². The van der Waals surface area contributed by atoms with Crippen molar-refractivity contribution >= 4 is 21.9 Å². The molecule has 0 N–H and O–H groups in total. The van der Waals surface area contributed by atoms with Crippen molar-refractivity contribution in [2.24, 2.45) is 0 Å². The zero-order chi connectivity index (χ0) is 27.6. The minimum Gasteiger partial charge on any atom is -0.207 e. The van der Waals surface area contributed by atoms with Gasteiger partial charge in [0, 0.05) is 22.3 Å². The van der Waals surface area contributed by atoms with Crippen molar-refractivity contribution in [3.8, 4) is 46.5 Å². The average Bonchev–Trinajstić information content (AvgIpc) is 3.42. The monoisotopic (exact) mass is 514 g/mol. The lowest BCUT2D eigenvalue weighted by molar-refractivity contribution is -0.137. The van der Waals surface area contributed by atoms with E-state index in [1.54, 1.807) is 30.3 Å². The predicted molar refractivity (Wildman–Crippen MR) is 134 cm³/mol. The molecule has 4 nitrogen and oxygen atoms in total. The number of halogens is 4. The molecule has 2 aliphatic rings. The van der Waals surface area contributed by atoms with Gasteiger partial charge in [-0.15, -0.1) is 0 Å². The fraction of sp³-hybridized carbons (Fsp3) is 0.0323. The highest BCUT2D eigenvalue weighted by Gasteiger charge is 2.36. The molecule has 39 heavy (non-hydrogen) atoms. The number of fused-ring (bicyclic) bond motifs is 9. The van der Waals surface area contributed by atoms with Crippen molar-refractivity contribution in [1.29, 1.82) is 21.0 Å². The maximum atomic E-state index is 14.3. The standard InChI is InChI=1S/C31H10F4N4/c32-18-2-4-20-22-6-8-23-24(30(22)28(26(20)10-18)16(13-38)14-39)7-5-21-19-3-1-17(31(33,34)35)9-25(19)27(29(21)23)15(11-36)12-37/h1-10H. The van der Waals surface area contributed by atoms with Crippen molar-refractivity contribution in [2.75, 3.05) is 0 Å². The SMILES string of the molecule is N#CC(C#N)=C1c2cc(F)ccc2-c2ccc3c4c(ccc3c21)-c1ccc(C(F)(F)F)cc1C4=C(C#N)C#N. The largest absolute Gasteiger partial charge is 0.416 e. The first-order valence-corrected chi connectivity index (χ1v) is 11.4. The first kappa shape index (κ1) is 23.7. The molecule has 0 unspecified atom stereocenters. The molecular weight excluding hydrogens is 504 g/mol.